The van der Waals surface area contributed by atoms with Gasteiger partial charge in [0.1, 0.15) is 0 Å². The Balaban J connectivity index is 1.54. The van der Waals surface area contributed by atoms with E-state index in [1.165, 1.54) is 11.1 Å². The highest BCUT2D eigenvalue weighted by molar-refractivity contribution is 6.01. The predicted octanol–water partition coefficient (Wildman–Crippen LogP) is 4.49. The Morgan fingerprint density at radius 1 is 1.00 bits per heavy atom. The van der Waals surface area contributed by atoms with Gasteiger partial charge in [-0.05, 0) is 55.0 Å². The number of likely N-dealkylation sites (tertiary alicyclic amines) is 1. The number of carbonyl (C=O) groups is 1. The number of anilines is 1. The molecule has 4 rings (SSSR count). The summed E-state index contributed by atoms with van der Waals surface area (Å²) in [6.45, 7) is 5.49. The normalized spacial score (nSPS) is 15.8. The zero-order chi connectivity index (χ0) is 23.4. The number of amides is 1. The van der Waals surface area contributed by atoms with Crippen LogP contribution in [-0.2, 0) is 0 Å². The molecule has 1 atom stereocenters. The number of aromatic nitrogens is 2. The van der Waals surface area contributed by atoms with Gasteiger partial charge in [-0.15, -0.1) is 0 Å². The fraction of sp³-hybridized carbons (Fsp3) is 0.346. The summed E-state index contributed by atoms with van der Waals surface area (Å²) >= 11 is 0. The third-order valence-electron chi connectivity index (χ3n) is 6.11. The monoisotopic (exact) mass is 446 g/mol. The molecule has 1 amide bonds. The lowest BCUT2D eigenvalue weighted by Crippen LogP contribution is -2.45. The van der Waals surface area contributed by atoms with E-state index >= 15 is 0 Å². The van der Waals surface area contributed by atoms with Crippen LogP contribution in [0.3, 0.4) is 0 Å². The predicted molar refractivity (Wildman–Crippen MR) is 129 cm³/mol. The second kappa shape index (κ2) is 9.90. The summed E-state index contributed by atoms with van der Waals surface area (Å²) in [5.41, 5.74) is 5.20. The van der Waals surface area contributed by atoms with Crippen LogP contribution in [0.4, 0.5) is 5.95 Å². The molecule has 0 aliphatic carbocycles. The maximum absolute atomic E-state index is 13.6. The summed E-state index contributed by atoms with van der Waals surface area (Å²) in [4.78, 5) is 24.2. The van der Waals surface area contributed by atoms with Crippen LogP contribution in [0, 0.1) is 13.8 Å². The first-order chi connectivity index (χ1) is 16.0. The zero-order valence-corrected chi connectivity index (χ0v) is 19.6. The molecule has 1 aliphatic rings. The summed E-state index contributed by atoms with van der Waals surface area (Å²) in [5.74, 6) is 1.33. The number of methoxy groups -OCH3 is 2. The minimum atomic E-state index is 0.0355. The highest BCUT2D eigenvalue weighted by Crippen LogP contribution is 2.28. The molecule has 0 bridgehead atoms. The quantitative estimate of drug-likeness (QED) is 0.601. The smallest absolute Gasteiger partial charge is 0.254 e. The van der Waals surface area contributed by atoms with E-state index in [-0.39, 0.29) is 11.9 Å². The van der Waals surface area contributed by atoms with Gasteiger partial charge in [0.05, 0.1) is 20.3 Å². The molecular formula is C26H30N4O3. The van der Waals surface area contributed by atoms with Crippen LogP contribution in [-0.4, -0.2) is 54.1 Å². The molecule has 1 fully saturated rings. The van der Waals surface area contributed by atoms with Crippen molar-refractivity contribution in [2.45, 2.75) is 32.7 Å². The van der Waals surface area contributed by atoms with Crippen molar-refractivity contribution in [3.63, 3.8) is 0 Å². The Hall–Kier alpha value is -3.61. The minimum absolute atomic E-state index is 0.0355. The van der Waals surface area contributed by atoms with Crippen LogP contribution in [0.5, 0.6) is 11.8 Å². The molecule has 1 aliphatic heterocycles. The van der Waals surface area contributed by atoms with Gasteiger partial charge in [-0.1, -0.05) is 36.4 Å². The number of nitrogens with one attached hydrogen (secondary N) is 1. The molecule has 3 aromatic rings. The summed E-state index contributed by atoms with van der Waals surface area (Å²) in [6, 6.07) is 15.9. The zero-order valence-electron chi connectivity index (χ0n) is 19.6. The van der Waals surface area contributed by atoms with E-state index in [0.29, 0.717) is 24.3 Å². The second-order valence-electron chi connectivity index (χ2n) is 8.36. The molecule has 1 N–H and O–H groups in total. The van der Waals surface area contributed by atoms with Crippen LogP contribution < -0.4 is 14.8 Å². The number of hydrogen-bond donors (Lipinski definition) is 1. The van der Waals surface area contributed by atoms with E-state index < -0.39 is 0 Å². The van der Waals surface area contributed by atoms with Gasteiger partial charge in [-0.2, -0.15) is 9.97 Å². The van der Waals surface area contributed by atoms with Crippen molar-refractivity contribution in [3.05, 3.63) is 65.2 Å². The SMILES string of the molecule is COc1cc(OC)nc(N[C@@H]2CCCN(C(=O)c3ccccc3-c3ccc(C)c(C)c3)C2)n1. The first kappa shape index (κ1) is 22.6. The first-order valence-electron chi connectivity index (χ1n) is 11.2. The Labute approximate surface area is 194 Å². The summed E-state index contributed by atoms with van der Waals surface area (Å²) in [5, 5.41) is 3.35. The Bertz CT molecular complexity index is 1130. The fourth-order valence-corrected chi connectivity index (χ4v) is 4.14. The van der Waals surface area contributed by atoms with Gasteiger partial charge in [-0.3, -0.25) is 4.79 Å². The summed E-state index contributed by atoms with van der Waals surface area (Å²) in [7, 11) is 3.11. The van der Waals surface area contributed by atoms with Crippen molar-refractivity contribution in [1.82, 2.24) is 14.9 Å². The lowest BCUT2D eigenvalue weighted by Gasteiger charge is -2.33. The van der Waals surface area contributed by atoms with Gasteiger partial charge in [-0.25, -0.2) is 0 Å². The van der Waals surface area contributed by atoms with Gasteiger partial charge in [0, 0.05) is 24.7 Å². The molecular weight excluding hydrogens is 416 g/mol. The number of benzene rings is 2. The largest absolute Gasteiger partial charge is 0.481 e. The maximum Gasteiger partial charge on any atom is 0.254 e. The highest BCUT2D eigenvalue weighted by atomic mass is 16.5. The van der Waals surface area contributed by atoms with Gasteiger partial charge in [0.25, 0.3) is 5.91 Å². The van der Waals surface area contributed by atoms with Crippen LogP contribution in [0.15, 0.2) is 48.5 Å². The fourth-order valence-electron chi connectivity index (χ4n) is 4.14. The average Bonchev–Trinajstić information content (AvgIpc) is 2.85. The number of nitrogens with zero attached hydrogens (tertiary/aromatic N) is 3. The highest BCUT2D eigenvalue weighted by Gasteiger charge is 2.26. The molecule has 1 aromatic heterocycles. The third kappa shape index (κ3) is 5.08. The first-order valence-corrected chi connectivity index (χ1v) is 11.2. The van der Waals surface area contributed by atoms with E-state index in [2.05, 4.69) is 47.3 Å². The number of ether oxygens (including phenoxy) is 2. The molecule has 0 spiro atoms. The van der Waals surface area contributed by atoms with Crippen molar-refractivity contribution in [2.75, 3.05) is 32.6 Å². The van der Waals surface area contributed by atoms with Crippen molar-refractivity contribution in [2.24, 2.45) is 0 Å². The topological polar surface area (TPSA) is 76.6 Å². The molecule has 2 heterocycles. The molecule has 0 radical (unpaired) electrons. The van der Waals surface area contributed by atoms with Gasteiger partial charge in [0.15, 0.2) is 0 Å². The van der Waals surface area contributed by atoms with Crippen molar-refractivity contribution < 1.29 is 14.3 Å². The van der Waals surface area contributed by atoms with E-state index in [1.54, 1.807) is 20.3 Å². The number of rotatable bonds is 6. The molecule has 2 aromatic carbocycles. The standard InChI is InChI=1S/C26H30N4O3/c1-17-11-12-19(14-18(17)2)21-9-5-6-10-22(21)25(31)30-13-7-8-20(16-30)27-26-28-23(32-3)15-24(29-26)33-4/h5-6,9-12,14-15,20H,7-8,13,16H2,1-4H3,(H,27,28,29)/t20-/m1/s1. The van der Waals surface area contributed by atoms with E-state index in [4.69, 9.17) is 9.47 Å². The van der Waals surface area contributed by atoms with Crippen LogP contribution in [0.1, 0.15) is 34.3 Å². The van der Waals surface area contributed by atoms with Gasteiger partial charge in [0.2, 0.25) is 17.7 Å². The second-order valence-corrected chi connectivity index (χ2v) is 8.36. The molecule has 7 heteroatoms. The Kier molecular flexibility index (Phi) is 6.77. The average molecular weight is 447 g/mol. The molecule has 1 saturated heterocycles. The van der Waals surface area contributed by atoms with Gasteiger partial charge < -0.3 is 19.7 Å². The number of aryl methyl sites for hydroxylation is 2. The van der Waals surface area contributed by atoms with E-state index in [9.17, 15) is 4.79 Å². The maximum atomic E-state index is 13.6. The number of carbonyl (C=O) groups excluding carboxylic acids is 1. The third-order valence-corrected chi connectivity index (χ3v) is 6.11. The van der Waals surface area contributed by atoms with E-state index in [1.807, 2.05) is 29.2 Å². The van der Waals surface area contributed by atoms with Crippen molar-refractivity contribution >= 4 is 11.9 Å². The molecule has 7 nitrogen and oxygen atoms in total. The minimum Gasteiger partial charge on any atom is -0.481 e. The number of hydrogen-bond acceptors (Lipinski definition) is 6. The number of piperidine rings is 1. The Morgan fingerprint density at radius 2 is 1.73 bits per heavy atom. The van der Waals surface area contributed by atoms with Gasteiger partial charge >= 0.3 is 0 Å². The molecule has 33 heavy (non-hydrogen) atoms. The van der Waals surface area contributed by atoms with Crippen molar-refractivity contribution in [1.29, 1.82) is 0 Å². The molecule has 172 valence electrons. The van der Waals surface area contributed by atoms with Crippen LogP contribution >= 0.6 is 0 Å². The lowest BCUT2D eigenvalue weighted by molar-refractivity contribution is 0.0715. The van der Waals surface area contributed by atoms with E-state index in [0.717, 1.165) is 36.1 Å². The molecule has 0 unspecified atom stereocenters. The van der Waals surface area contributed by atoms with Crippen LogP contribution in [0.2, 0.25) is 0 Å². The summed E-state index contributed by atoms with van der Waals surface area (Å²) < 4.78 is 10.5. The summed E-state index contributed by atoms with van der Waals surface area (Å²) in [6.07, 6.45) is 1.82. The lowest BCUT2D eigenvalue weighted by atomic mass is 9.95. The Morgan fingerprint density at radius 3 is 2.42 bits per heavy atom. The molecule has 0 saturated carbocycles. The van der Waals surface area contributed by atoms with Crippen molar-refractivity contribution in [3.8, 4) is 22.9 Å². The van der Waals surface area contributed by atoms with Crippen LogP contribution in [0.25, 0.3) is 11.1 Å².